The van der Waals surface area contributed by atoms with Gasteiger partial charge in [0.15, 0.2) is 5.82 Å². The Morgan fingerprint density at radius 2 is 2.06 bits per heavy atom. The smallest absolute Gasteiger partial charge is 0.339 e. The van der Waals surface area contributed by atoms with Crippen molar-refractivity contribution in [1.82, 2.24) is 10.2 Å². The molecule has 1 aromatic heterocycles. The summed E-state index contributed by atoms with van der Waals surface area (Å²) in [6.45, 7) is 5.45. The maximum absolute atomic E-state index is 11.3. The van der Waals surface area contributed by atoms with Crippen LogP contribution in [0.25, 0.3) is 0 Å². The molecular formula is C12H19N3O3. The van der Waals surface area contributed by atoms with E-state index in [2.05, 4.69) is 15.5 Å². The van der Waals surface area contributed by atoms with Crippen molar-refractivity contribution >= 4 is 11.8 Å². The van der Waals surface area contributed by atoms with Gasteiger partial charge < -0.3 is 15.5 Å². The fourth-order valence-corrected chi connectivity index (χ4v) is 1.70. The number of hydrogen-bond donors (Lipinski definition) is 3. The van der Waals surface area contributed by atoms with Gasteiger partial charge in [-0.3, -0.25) is 0 Å². The number of carboxylic acid groups (broad SMARTS) is 1. The van der Waals surface area contributed by atoms with E-state index in [9.17, 15) is 9.90 Å². The van der Waals surface area contributed by atoms with Crippen LogP contribution in [-0.4, -0.2) is 39.0 Å². The van der Waals surface area contributed by atoms with E-state index in [-0.39, 0.29) is 24.0 Å². The molecule has 0 aliphatic heterocycles. The number of aliphatic hydroxyl groups is 1. The SMILES string of the molecule is CCC(CCO)Nc1nnc(C)c(C)c1C(=O)O. The number of nitrogens with one attached hydrogen (secondary N) is 1. The van der Waals surface area contributed by atoms with Gasteiger partial charge in [-0.2, -0.15) is 5.10 Å². The van der Waals surface area contributed by atoms with E-state index in [0.29, 0.717) is 17.7 Å². The number of hydrogen-bond acceptors (Lipinski definition) is 5. The summed E-state index contributed by atoms with van der Waals surface area (Å²) in [7, 11) is 0. The molecule has 0 bridgehead atoms. The Morgan fingerprint density at radius 3 is 2.56 bits per heavy atom. The molecule has 1 rings (SSSR count). The lowest BCUT2D eigenvalue weighted by atomic mass is 10.1. The fraction of sp³-hybridized carbons (Fsp3) is 0.583. The van der Waals surface area contributed by atoms with E-state index < -0.39 is 5.97 Å². The third-order valence-corrected chi connectivity index (χ3v) is 2.98. The topological polar surface area (TPSA) is 95.3 Å². The molecule has 0 amide bonds. The Morgan fingerprint density at radius 1 is 1.39 bits per heavy atom. The van der Waals surface area contributed by atoms with Crippen molar-refractivity contribution in [2.45, 2.75) is 39.7 Å². The van der Waals surface area contributed by atoms with Crippen molar-refractivity contribution in [3.05, 3.63) is 16.8 Å². The second kappa shape index (κ2) is 6.30. The predicted molar refractivity (Wildman–Crippen MR) is 67.9 cm³/mol. The van der Waals surface area contributed by atoms with Crippen LogP contribution in [-0.2, 0) is 0 Å². The molecule has 0 aliphatic carbocycles. The number of rotatable bonds is 6. The molecule has 0 saturated heterocycles. The van der Waals surface area contributed by atoms with E-state index in [1.807, 2.05) is 6.92 Å². The first-order valence-corrected chi connectivity index (χ1v) is 5.95. The molecule has 18 heavy (non-hydrogen) atoms. The largest absolute Gasteiger partial charge is 0.478 e. The highest BCUT2D eigenvalue weighted by Gasteiger charge is 2.19. The summed E-state index contributed by atoms with van der Waals surface area (Å²) in [6.07, 6.45) is 1.32. The van der Waals surface area contributed by atoms with Gasteiger partial charge >= 0.3 is 5.97 Å². The first-order valence-electron chi connectivity index (χ1n) is 5.95. The molecule has 1 atom stereocenters. The van der Waals surface area contributed by atoms with Crippen LogP contribution in [0.4, 0.5) is 5.82 Å². The van der Waals surface area contributed by atoms with Gasteiger partial charge in [-0.25, -0.2) is 4.79 Å². The van der Waals surface area contributed by atoms with Gasteiger partial charge in [0.2, 0.25) is 0 Å². The lowest BCUT2D eigenvalue weighted by Gasteiger charge is -2.18. The quantitative estimate of drug-likeness (QED) is 0.708. The van der Waals surface area contributed by atoms with Crippen molar-refractivity contribution in [2.75, 3.05) is 11.9 Å². The van der Waals surface area contributed by atoms with Crippen LogP contribution in [0, 0.1) is 13.8 Å². The van der Waals surface area contributed by atoms with Crippen LogP contribution in [0.5, 0.6) is 0 Å². The van der Waals surface area contributed by atoms with Crippen molar-refractivity contribution in [2.24, 2.45) is 0 Å². The molecule has 0 aliphatic rings. The van der Waals surface area contributed by atoms with Crippen LogP contribution >= 0.6 is 0 Å². The average molecular weight is 253 g/mol. The zero-order valence-electron chi connectivity index (χ0n) is 10.9. The lowest BCUT2D eigenvalue weighted by molar-refractivity contribution is 0.0696. The molecule has 1 aromatic rings. The highest BCUT2D eigenvalue weighted by Crippen LogP contribution is 2.20. The summed E-state index contributed by atoms with van der Waals surface area (Å²) in [4.78, 5) is 11.3. The highest BCUT2D eigenvalue weighted by atomic mass is 16.4. The lowest BCUT2D eigenvalue weighted by Crippen LogP contribution is -2.23. The molecule has 0 fully saturated rings. The van der Waals surface area contributed by atoms with E-state index in [4.69, 9.17) is 5.11 Å². The Balaban J connectivity index is 3.08. The molecule has 0 aromatic carbocycles. The van der Waals surface area contributed by atoms with Crippen molar-refractivity contribution in [3.63, 3.8) is 0 Å². The maximum Gasteiger partial charge on any atom is 0.339 e. The molecule has 1 heterocycles. The first kappa shape index (κ1) is 14.4. The number of aryl methyl sites for hydroxylation is 1. The molecule has 6 heteroatoms. The van der Waals surface area contributed by atoms with Crippen LogP contribution in [0.2, 0.25) is 0 Å². The minimum absolute atomic E-state index is 0.00972. The van der Waals surface area contributed by atoms with Gasteiger partial charge in [0.05, 0.1) is 5.69 Å². The van der Waals surface area contributed by atoms with Gasteiger partial charge in [0.1, 0.15) is 5.56 Å². The van der Waals surface area contributed by atoms with Crippen molar-refractivity contribution in [3.8, 4) is 0 Å². The maximum atomic E-state index is 11.3. The normalized spacial score (nSPS) is 12.2. The standard InChI is InChI=1S/C12H19N3O3/c1-4-9(5-6-16)13-11-10(12(17)18)7(2)8(3)14-15-11/h9,16H,4-6H2,1-3H3,(H,13,15)(H,17,18). The van der Waals surface area contributed by atoms with Crippen molar-refractivity contribution in [1.29, 1.82) is 0 Å². The molecule has 6 nitrogen and oxygen atoms in total. The van der Waals surface area contributed by atoms with Gasteiger partial charge in [-0.05, 0) is 32.3 Å². The highest BCUT2D eigenvalue weighted by molar-refractivity contribution is 5.94. The number of aliphatic hydroxyl groups excluding tert-OH is 1. The number of nitrogens with zero attached hydrogens (tertiary/aromatic N) is 2. The van der Waals surface area contributed by atoms with Crippen LogP contribution in [0.1, 0.15) is 41.4 Å². The Bertz CT molecular complexity index is 435. The first-order chi connectivity index (χ1) is 8.51. The second-order valence-electron chi connectivity index (χ2n) is 4.20. The number of aromatic carboxylic acids is 1. The zero-order valence-corrected chi connectivity index (χ0v) is 10.9. The van der Waals surface area contributed by atoms with E-state index in [0.717, 1.165) is 6.42 Å². The molecule has 1 unspecified atom stereocenters. The van der Waals surface area contributed by atoms with Gasteiger partial charge in [-0.1, -0.05) is 6.92 Å². The number of carbonyl (C=O) groups is 1. The summed E-state index contributed by atoms with van der Waals surface area (Å²) in [5.41, 5.74) is 1.37. The molecule has 0 radical (unpaired) electrons. The van der Waals surface area contributed by atoms with Crippen LogP contribution in [0.3, 0.4) is 0 Å². The van der Waals surface area contributed by atoms with Crippen molar-refractivity contribution < 1.29 is 15.0 Å². The summed E-state index contributed by atoms with van der Waals surface area (Å²) < 4.78 is 0. The van der Waals surface area contributed by atoms with Gasteiger partial charge in [0.25, 0.3) is 0 Å². The second-order valence-corrected chi connectivity index (χ2v) is 4.20. The molecule has 100 valence electrons. The number of anilines is 1. The fourth-order valence-electron chi connectivity index (χ4n) is 1.70. The Hall–Kier alpha value is -1.69. The van der Waals surface area contributed by atoms with E-state index in [1.54, 1.807) is 13.8 Å². The van der Waals surface area contributed by atoms with E-state index in [1.165, 1.54) is 0 Å². The Kier molecular flexibility index (Phi) is 5.03. The number of aromatic nitrogens is 2. The van der Waals surface area contributed by atoms with E-state index >= 15 is 0 Å². The monoisotopic (exact) mass is 253 g/mol. The molecule has 0 spiro atoms. The summed E-state index contributed by atoms with van der Waals surface area (Å²) in [6, 6.07) is -0.00972. The summed E-state index contributed by atoms with van der Waals surface area (Å²) in [5.74, 6) is -0.752. The Labute approximate surface area is 106 Å². The molecule has 0 saturated carbocycles. The summed E-state index contributed by atoms with van der Waals surface area (Å²) in [5, 5.41) is 29.0. The predicted octanol–water partition coefficient (Wildman–Crippen LogP) is 1.36. The van der Waals surface area contributed by atoms with Gasteiger partial charge in [0, 0.05) is 12.6 Å². The number of carboxylic acids is 1. The third-order valence-electron chi connectivity index (χ3n) is 2.98. The zero-order chi connectivity index (χ0) is 13.7. The van der Waals surface area contributed by atoms with Crippen LogP contribution in [0.15, 0.2) is 0 Å². The minimum atomic E-state index is -1.02. The third kappa shape index (κ3) is 3.16. The van der Waals surface area contributed by atoms with Gasteiger partial charge in [-0.15, -0.1) is 5.10 Å². The average Bonchev–Trinajstić information content (AvgIpc) is 2.32. The van der Waals surface area contributed by atoms with Crippen LogP contribution < -0.4 is 5.32 Å². The minimum Gasteiger partial charge on any atom is -0.478 e. The molecule has 3 N–H and O–H groups in total. The molecular weight excluding hydrogens is 234 g/mol. The summed E-state index contributed by atoms with van der Waals surface area (Å²) >= 11 is 0.